The van der Waals surface area contributed by atoms with Gasteiger partial charge in [-0.2, -0.15) is 0 Å². The van der Waals surface area contributed by atoms with Gasteiger partial charge in [-0.3, -0.25) is 4.79 Å². The summed E-state index contributed by atoms with van der Waals surface area (Å²) in [6.07, 6.45) is 0. The Labute approximate surface area is 174 Å². The third-order valence-electron chi connectivity index (χ3n) is 3.84. The number of amides is 1. The van der Waals surface area contributed by atoms with Gasteiger partial charge in [0.05, 0.1) is 19.1 Å². The number of halogens is 1. The fourth-order valence-electron chi connectivity index (χ4n) is 2.27. The van der Waals surface area contributed by atoms with Crippen LogP contribution in [0.2, 0.25) is 0 Å². The van der Waals surface area contributed by atoms with Crippen molar-refractivity contribution in [3.8, 4) is 5.75 Å². The number of benzene rings is 1. The van der Waals surface area contributed by atoms with E-state index in [1.165, 1.54) is 0 Å². The van der Waals surface area contributed by atoms with E-state index >= 15 is 0 Å². The fraction of sp³-hybridized carbons (Fsp3) is 0.579. The molecule has 0 aliphatic rings. The predicted octanol–water partition coefficient (Wildman–Crippen LogP) is 2.84. The molecule has 0 aliphatic carbocycles. The summed E-state index contributed by atoms with van der Waals surface area (Å²) >= 11 is 0. The van der Waals surface area contributed by atoms with E-state index in [0.717, 1.165) is 23.4 Å². The molecule has 1 aromatic carbocycles. The van der Waals surface area contributed by atoms with Crippen LogP contribution in [0.25, 0.3) is 0 Å². The molecule has 1 amide bonds. The third kappa shape index (κ3) is 7.80. The minimum absolute atomic E-state index is 0. The van der Waals surface area contributed by atoms with Gasteiger partial charge in [0, 0.05) is 25.2 Å². The van der Waals surface area contributed by atoms with Gasteiger partial charge in [-0.25, -0.2) is 4.99 Å². The molecule has 0 heterocycles. The number of rotatable bonds is 8. The van der Waals surface area contributed by atoms with Crippen LogP contribution in [0, 0.1) is 12.3 Å². The standard InChI is InChI=1S/C19H32N4O2.HI/c1-7-20-17(24)19(4,5)13-23-18(21-8-2)22-12-15-10-9-14(3)11-16(15)25-6;/h9-11H,7-8,12-13H2,1-6H3,(H,20,24)(H2,21,22,23);1H. The molecular weight excluding hydrogens is 443 g/mol. The van der Waals surface area contributed by atoms with Crippen molar-refractivity contribution in [3.05, 3.63) is 29.3 Å². The number of aliphatic imine (C=N–C) groups is 1. The first-order chi connectivity index (χ1) is 11.8. The van der Waals surface area contributed by atoms with Crippen LogP contribution >= 0.6 is 24.0 Å². The molecule has 6 nitrogen and oxygen atoms in total. The summed E-state index contributed by atoms with van der Waals surface area (Å²) in [6, 6.07) is 6.08. The van der Waals surface area contributed by atoms with Crippen LogP contribution < -0.4 is 20.7 Å². The Kier molecular flexibility index (Phi) is 11.3. The number of hydrogen-bond acceptors (Lipinski definition) is 3. The molecule has 7 heteroatoms. The predicted molar refractivity (Wildman–Crippen MR) is 118 cm³/mol. The van der Waals surface area contributed by atoms with Gasteiger partial charge in [0.25, 0.3) is 0 Å². The van der Waals surface area contributed by atoms with Crippen LogP contribution in [0.4, 0.5) is 0 Å². The van der Waals surface area contributed by atoms with Gasteiger partial charge < -0.3 is 20.7 Å². The monoisotopic (exact) mass is 476 g/mol. The number of nitrogens with one attached hydrogen (secondary N) is 3. The van der Waals surface area contributed by atoms with E-state index in [2.05, 4.69) is 20.9 Å². The number of aryl methyl sites for hydroxylation is 1. The summed E-state index contributed by atoms with van der Waals surface area (Å²) in [5.74, 6) is 1.54. The molecule has 0 unspecified atom stereocenters. The molecule has 0 saturated carbocycles. The largest absolute Gasteiger partial charge is 0.496 e. The molecule has 0 fully saturated rings. The number of carbonyl (C=O) groups is 1. The quantitative estimate of drug-likeness (QED) is 0.307. The van der Waals surface area contributed by atoms with E-state index in [1.54, 1.807) is 7.11 Å². The lowest BCUT2D eigenvalue weighted by molar-refractivity contribution is -0.128. The molecular formula is C19H33IN4O2. The second-order valence-corrected chi connectivity index (χ2v) is 6.61. The van der Waals surface area contributed by atoms with Crippen molar-refractivity contribution < 1.29 is 9.53 Å². The van der Waals surface area contributed by atoms with E-state index in [4.69, 9.17) is 4.74 Å². The van der Waals surface area contributed by atoms with Crippen molar-refractivity contribution in [1.29, 1.82) is 0 Å². The van der Waals surface area contributed by atoms with Crippen molar-refractivity contribution in [2.24, 2.45) is 10.4 Å². The second-order valence-electron chi connectivity index (χ2n) is 6.61. The van der Waals surface area contributed by atoms with Crippen molar-refractivity contribution in [1.82, 2.24) is 16.0 Å². The van der Waals surface area contributed by atoms with Crippen molar-refractivity contribution in [3.63, 3.8) is 0 Å². The maximum Gasteiger partial charge on any atom is 0.227 e. The highest BCUT2D eigenvalue weighted by Crippen LogP contribution is 2.20. The number of nitrogens with zero attached hydrogens (tertiary/aromatic N) is 1. The lowest BCUT2D eigenvalue weighted by Crippen LogP contribution is -2.47. The Balaban J connectivity index is 0.00000625. The minimum Gasteiger partial charge on any atom is -0.496 e. The van der Waals surface area contributed by atoms with Gasteiger partial charge in [0.1, 0.15) is 5.75 Å². The highest BCUT2D eigenvalue weighted by Gasteiger charge is 2.27. The van der Waals surface area contributed by atoms with Gasteiger partial charge in [-0.05, 0) is 46.2 Å². The fourth-order valence-corrected chi connectivity index (χ4v) is 2.27. The molecule has 1 rings (SSSR count). The lowest BCUT2D eigenvalue weighted by atomic mass is 9.92. The van der Waals surface area contributed by atoms with Crippen molar-refractivity contribution in [2.75, 3.05) is 26.7 Å². The first kappa shape index (κ1) is 24.5. The number of ether oxygens (including phenoxy) is 1. The zero-order valence-corrected chi connectivity index (χ0v) is 19.1. The summed E-state index contributed by atoms with van der Waals surface area (Å²) in [7, 11) is 1.67. The molecule has 0 aliphatic heterocycles. The Morgan fingerprint density at radius 1 is 1.15 bits per heavy atom. The normalized spacial score (nSPS) is 11.4. The van der Waals surface area contributed by atoms with E-state index in [-0.39, 0.29) is 29.9 Å². The molecule has 26 heavy (non-hydrogen) atoms. The van der Waals surface area contributed by atoms with Crippen LogP contribution in [-0.2, 0) is 11.3 Å². The average molecular weight is 476 g/mol. The topological polar surface area (TPSA) is 74.8 Å². The van der Waals surface area contributed by atoms with E-state index in [0.29, 0.717) is 25.6 Å². The van der Waals surface area contributed by atoms with Gasteiger partial charge in [-0.15, -0.1) is 24.0 Å². The molecule has 0 aromatic heterocycles. The molecule has 1 aromatic rings. The van der Waals surface area contributed by atoms with Gasteiger partial charge in [0.15, 0.2) is 5.96 Å². The molecule has 0 radical (unpaired) electrons. The zero-order valence-electron chi connectivity index (χ0n) is 16.7. The van der Waals surface area contributed by atoms with Crippen LogP contribution in [0.15, 0.2) is 23.2 Å². The Morgan fingerprint density at radius 2 is 1.81 bits per heavy atom. The summed E-state index contributed by atoms with van der Waals surface area (Å²) in [5.41, 5.74) is 1.65. The Morgan fingerprint density at radius 3 is 2.38 bits per heavy atom. The molecule has 0 spiro atoms. The van der Waals surface area contributed by atoms with Crippen LogP contribution in [0.3, 0.4) is 0 Å². The van der Waals surface area contributed by atoms with Gasteiger partial charge in [-0.1, -0.05) is 12.1 Å². The van der Waals surface area contributed by atoms with Crippen molar-refractivity contribution in [2.45, 2.75) is 41.2 Å². The third-order valence-corrected chi connectivity index (χ3v) is 3.84. The molecule has 0 bridgehead atoms. The number of carbonyl (C=O) groups excluding carboxylic acids is 1. The SMILES string of the molecule is CCNC(=O)C(C)(C)CNC(=NCc1ccc(C)cc1OC)NCC.I. The maximum absolute atomic E-state index is 12.1. The first-order valence-electron chi connectivity index (χ1n) is 8.78. The molecule has 3 N–H and O–H groups in total. The summed E-state index contributed by atoms with van der Waals surface area (Å²) in [5, 5.41) is 9.33. The van der Waals surface area contributed by atoms with E-state index < -0.39 is 5.41 Å². The highest BCUT2D eigenvalue weighted by molar-refractivity contribution is 14.0. The Bertz CT molecular complexity index is 603. The maximum atomic E-state index is 12.1. The van der Waals surface area contributed by atoms with E-state index in [9.17, 15) is 4.79 Å². The first-order valence-corrected chi connectivity index (χ1v) is 8.78. The summed E-state index contributed by atoms with van der Waals surface area (Å²) in [4.78, 5) is 16.7. The van der Waals surface area contributed by atoms with Crippen LogP contribution in [-0.4, -0.2) is 38.6 Å². The smallest absolute Gasteiger partial charge is 0.227 e. The molecule has 0 atom stereocenters. The van der Waals surface area contributed by atoms with E-state index in [1.807, 2.05) is 52.8 Å². The van der Waals surface area contributed by atoms with Crippen LogP contribution in [0.5, 0.6) is 5.75 Å². The number of hydrogen-bond donors (Lipinski definition) is 3. The Hall–Kier alpha value is -1.51. The van der Waals surface area contributed by atoms with Gasteiger partial charge in [0.2, 0.25) is 5.91 Å². The molecule has 148 valence electrons. The number of guanidine groups is 1. The second kappa shape index (κ2) is 12.0. The van der Waals surface area contributed by atoms with Gasteiger partial charge >= 0.3 is 0 Å². The lowest BCUT2D eigenvalue weighted by Gasteiger charge is -2.24. The summed E-state index contributed by atoms with van der Waals surface area (Å²) < 4.78 is 5.43. The summed E-state index contributed by atoms with van der Waals surface area (Å²) in [6.45, 7) is 12.2. The highest BCUT2D eigenvalue weighted by atomic mass is 127. The average Bonchev–Trinajstić information content (AvgIpc) is 2.58. The van der Waals surface area contributed by atoms with Crippen molar-refractivity contribution >= 4 is 35.8 Å². The minimum atomic E-state index is -0.520. The molecule has 0 saturated heterocycles. The number of methoxy groups -OCH3 is 1. The van der Waals surface area contributed by atoms with Crippen LogP contribution in [0.1, 0.15) is 38.8 Å². The zero-order chi connectivity index (χ0) is 18.9.